The van der Waals surface area contributed by atoms with Crippen molar-refractivity contribution in [1.29, 1.82) is 0 Å². The average Bonchev–Trinajstić information content (AvgIpc) is 2.79. The van der Waals surface area contributed by atoms with E-state index in [0.717, 1.165) is 57.0 Å². The van der Waals surface area contributed by atoms with Gasteiger partial charge in [0.1, 0.15) is 0 Å². The molecule has 0 bridgehead atoms. The number of nitrogens with one attached hydrogen (secondary N) is 1. The smallest absolute Gasteiger partial charge is 0.232 e. The Morgan fingerprint density at radius 3 is 1.62 bits per heavy atom. The number of anilines is 3. The van der Waals surface area contributed by atoms with Crippen LogP contribution in [-0.4, -0.2) is 93.7 Å². The number of aromatic nitrogens is 3. The van der Waals surface area contributed by atoms with Gasteiger partial charge in [-0.05, 0) is 102 Å². The van der Waals surface area contributed by atoms with Crippen LogP contribution in [0.25, 0.3) is 0 Å². The number of hydrogen-bond donors (Lipinski definition) is 1. The molecule has 0 spiro atoms. The fourth-order valence-electron chi connectivity index (χ4n) is 6.82. The molecule has 0 aliphatic carbocycles. The third kappa shape index (κ3) is 6.16. The molecule has 0 aromatic carbocycles. The minimum absolute atomic E-state index is 0.0979. The molecule has 2 aliphatic heterocycles. The maximum absolute atomic E-state index is 5.18. The van der Waals surface area contributed by atoms with E-state index in [9.17, 15) is 0 Å². The molecule has 0 radical (unpaired) electrons. The van der Waals surface area contributed by atoms with Crippen molar-refractivity contribution in [3.63, 3.8) is 0 Å². The summed E-state index contributed by atoms with van der Waals surface area (Å²) in [4.78, 5) is 24.8. The lowest BCUT2D eigenvalue weighted by atomic mass is 9.77. The first-order chi connectivity index (χ1) is 16.9. The zero-order valence-electron chi connectivity index (χ0n) is 26.2. The van der Waals surface area contributed by atoms with Crippen LogP contribution in [0.4, 0.5) is 17.8 Å². The van der Waals surface area contributed by atoms with Crippen LogP contribution < -0.4 is 15.1 Å². The molecule has 1 aromatic rings. The zero-order valence-corrected chi connectivity index (χ0v) is 26.2. The average molecular weight is 517 g/mol. The topological polar surface area (TPSA) is 63.7 Å². The summed E-state index contributed by atoms with van der Waals surface area (Å²) in [6.07, 6.45) is 6.56. The predicted octanol–water partition coefficient (Wildman–Crippen LogP) is 5.26. The van der Waals surface area contributed by atoms with Crippen LogP contribution in [0.15, 0.2) is 0 Å². The van der Waals surface area contributed by atoms with Gasteiger partial charge in [0, 0.05) is 54.9 Å². The lowest BCUT2D eigenvalue weighted by Crippen LogP contribution is -2.63. The molecule has 0 atom stereocenters. The Balaban J connectivity index is 2.00. The molecule has 0 amide bonds. The maximum atomic E-state index is 5.18. The van der Waals surface area contributed by atoms with Crippen LogP contribution in [0.5, 0.6) is 0 Å². The van der Waals surface area contributed by atoms with Gasteiger partial charge in [-0.15, -0.1) is 0 Å². The number of piperidine rings is 2. The van der Waals surface area contributed by atoms with E-state index in [1.54, 1.807) is 0 Å². The van der Waals surface area contributed by atoms with E-state index in [-0.39, 0.29) is 22.2 Å². The number of nitrogens with zero attached hydrogens (tertiary/aromatic N) is 7. The molecule has 1 N–H and O–H groups in total. The molecule has 8 nitrogen and oxygen atoms in total. The first-order valence-corrected chi connectivity index (χ1v) is 14.4. The Morgan fingerprint density at radius 1 is 0.757 bits per heavy atom. The van der Waals surface area contributed by atoms with E-state index in [2.05, 4.69) is 108 Å². The molecule has 2 aliphatic rings. The quantitative estimate of drug-likeness (QED) is 0.502. The van der Waals surface area contributed by atoms with Crippen LogP contribution in [0.1, 0.15) is 101 Å². The van der Waals surface area contributed by atoms with Gasteiger partial charge in [0.05, 0.1) is 0 Å². The predicted molar refractivity (Wildman–Crippen MR) is 158 cm³/mol. The first-order valence-electron chi connectivity index (χ1n) is 14.4. The highest BCUT2D eigenvalue weighted by Crippen LogP contribution is 2.41. The SMILES string of the molecule is CCCCN(c1nc(NC)nc(N(C)C2CC(C)(C)N(C)C(C)(C)C2)n1)C1CC(C)(C)N(C)C(C)(C)C1. The van der Waals surface area contributed by atoms with Crippen LogP contribution in [0.2, 0.25) is 0 Å². The summed E-state index contributed by atoms with van der Waals surface area (Å²) in [5.74, 6) is 2.22. The normalized spacial score (nSPS) is 24.1. The minimum Gasteiger partial charge on any atom is -0.357 e. The number of rotatable bonds is 8. The third-order valence-electron chi connectivity index (χ3n) is 9.72. The van der Waals surface area contributed by atoms with Gasteiger partial charge < -0.3 is 15.1 Å². The maximum Gasteiger partial charge on any atom is 0.232 e. The van der Waals surface area contributed by atoms with Gasteiger partial charge >= 0.3 is 0 Å². The van der Waals surface area contributed by atoms with Gasteiger partial charge in [-0.1, -0.05) is 13.3 Å². The van der Waals surface area contributed by atoms with E-state index in [1.807, 2.05) is 7.05 Å². The lowest BCUT2D eigenvalue weighted by Gasteiger charge is -2.55. The van der Waals surface area contributed by atoms with E-state index in [4.69, 9.17) is 15.0 Å². The standard InChI is InChI=1S/C29H56N8/c1-14-15-16-37(22-19-28(6,7)36(13)29(8,9)20-22)25-32-23(30-10)31-24(33-25)34(11)21-17-26(2,3)35(12)27(4,5)18-21/h21-22H,14-20H2,1-13H3,(H,30,31,32,33). The highest BCUT2D eigenvalue weighted by molar-refractivity contribution is 5.46. The highest BCUT2D eigenvalue weighted by atomic mass is 15.4. The molecule has 1 aromatic heterocycles. The first kappa shape index (κ1) is 29.9. The molecular formula is C29H56N8. The van der Waals surface area contributed by atoms with Crippen molar-refractivity contribution in [2.45, 2.75) is 135 Å². The molecule has 2 fully saturated rings. The van der Waals surface area contributed by atoms with Crippen molar-refractivity contribution in [2.24, 2.45) is 0 Å². The van der Waals surface area contributed by atoms with Crippen LogP contribution in [0, 0.1) is 0 Å². The van der Waals surface area contributed by atoms with Crippen molar-refractivity contribution < 1.29 is 0 Å². The summed E-state index contributed by atoms with van der Waals surface area (Å²) in [5.41, 5.74) is 0.392. The van der Waals surface area contributed by atoms with Gasteiger partial charge in [-0.2, -0.15) is 15.0 Å². The van der Waals surface area contributed by atoms with E-state index < -0.39 is 0 Å². The Bertz CT molecular complexity index is 888. The van der Waals surface area contributed by atoms with Gasteiger partial charge in [0.2, 0.25) is 17.8 Å². The third-order valence-corrected chi connectivity index (χ3v) is 9.72. The summed E-state index contributed by atoms with van der Waals surface area (Å²) in [5, 5.41) is 3.23. The molecule has 2 saturated heterocycles. The number of likely N-dealkylation sites (tertiary alicyclic amines) is 2. The van der Waals surface area contributed by atoms with Crippen molar-refractivity contribution in [3.8, 4) is 0 Å². The fourth-order valence-corrected chi connectivity index (χ4v) is 6.82. The van der Waals surface area contributed by atoms with E-state index in [0.29, 0.717) is 18.0 Å². The Morgan fingerprint density at radius 2 is 1.19 bits per heavy atom. The molecule has 3 rings (SSSR count). The molecule has 3 heterocycles. The molecule has 8 heteroatoms. The Hall–Kier alpha value is -1.67. The second-order valence-corrected chi connectivity index (χ2v) is 14.2. The Kier molecular flexibility index (Phi) is 8.46. The van der Waals surface area contributed by atoms with Crippen LogP contribution >= 0.6 is 0 Å². The summed E-state index contributed by atoms with van der Waals surface area (Å²) in [7, 11) is 8.60. The van der Waals surface area contributed by atoms with Crippen molar-refractivity contribution >= 4 is 17.8 Å². The largest absolute Gasteiger partial charge is 0.357 e. The summed E-state index contributed by atoms with van der Waals surface area (Å²) < 4.78 is 0. The van der Waals surface area contributed by atoms with Crippen molar-refractivity contribution in [2.75, 3.05) is 49.9 Å². The zero-order chi connectivity index (χ0) is 28.0. The number of hydrogen-bond acceptors (Lipinski definition) is 8. The summed E-state index contributed by atoms with van der Waals surface area (Å²) in [6.45, 7) is 22.1. The summed E-state index contributed by atoms with van der Waals surface area (Å²) >= 11 is 0. The van der Waals surface area contributed by atoms with Gasteiger partial charge in [0.15, 0.2) is 0 Å². The molecule has 0 unspecified atom stereocenters. The lowest BCUT2D eigenvalue weighted by molar-refractivity contribution is -0.0129. The number of unbranched alkanes of at least 4 members (excludes halogenated alkanes) is 1. The Labute approximate surface area is 227 Å². The fraction of sp³-hybridized carbons (Fsp3) is 0.897. The van der Waals surface area contributed by atoms with Crippen LogP contribution in [-0.2, 0) is 0 Å². The minimum atomic E-state index is 0.0979. The second kappa shape index (κ2) is 10.5. The van der Waals surface area contributed by atoms with Crippen LogP contribution in [0.3, 0.4) is 0 Å². The van der Waals surface area contributed by atoms with Gasteiger partial charge in [0.25, 0.3) is 0 Å². The second-order valence-electron chi connectivity index (χ2n) is 14.2. The van der Waals surface area contributed by atoms with Gasteiger partial charge in [-0.25, -0.2) is 0 Å². The monoisotopic (exact) mass is 516 g/mol. The van der Waals surface area contributed by atoms with Gasteiger partial charge in [-0.3, -0.25) is 9.80 Å². The molecule has 37 heavy (non-hydrogen) atoms. The van der Waals surface area contributed by atoms with E-state index >= 15 is 0 Å². The van der Waals surface area contributed by atoms with Crippen molar-refractivity contribution in [1.82, 2.24) is 24.8 Å². The highest BCUT2D eigenvalue weighted by Gasteiger charge is 2.46. The molecular weight excluding hydrogens is 460 g/mol. The summed E-state index contributed by atoms with van der Waals surface area (Å²) in [6, 6.07) is 0.727. The van der Waals surface area contributed by atoms with E-state index in [1.165, 1.54) is 0 Å². The molecule has 0 saturated carbocycles. The molecule has 212 valence electrons. The van der Waals surface area contributed by atoms with Crippen molar-refractivity contribution in [3.05, 3.63) is 0 Å².